The summed E-state index contributed by atoms with van der Waals surface area (Å²) in [5, 5.41) is 11.7. The van der Waals surface area contributed by atoms with Gasteiger partial charge in [-0.3, -0.25) is 4.79 Å². The highest BCUT2D eigenvalue weighted by molar-refractivity contribution is 5.83. The molecular formula is C21H24N2O5. The number of urea groups is 1. The molecule has 0 bridgehead atoms. The van der Waals surface area contributed by atoms with Crippen LogP contribution < -0.4 is 14.8 Å². The van der Waals surface area contributed by atoms with Crippen LogP contribution in [-0.4, -0.2) is 48.8 Å². The van der Waals surface area contributed by atoms with Crippen molar-refractivity contribution in [3.8, 4) is 11.5 Å². The second-order valence-electron chi connectivity index (χ2n) is 6.67. The summed E-state index contributed by atoms with van der Waals surface area (Å²) in [7, 11) is 3.17. The fraction of sp³-hybridized carbons (Fsp3) is 0.333. The number of amides is 2. The van der Waals surface area contributed by atoms with Crippen LogP contribution in [0.15, 0.2) is 42.5 Å². The van der Waals surface area contributed by atoms with Gasteiger partial charge in [0.25, 0.3) is 0 Å². The number of methoxy groups -OCH3 is 2. The minimum atomic E-state index is -1.08. The predicted octanol–water partition coefficient (Wildman–Crippen LogP) is 2.83. The Morgan fingerprint density at radius 2 is 1.79 bits per heavy atom. The maximum atomic E-state index is 12.9. The summed E-state index contributed by atoms with van der Waals surface area (Å²) in [5.41, 5.74) is 2.95. The number of fused-ring (bicyclic) bond motifs is 1. The molecule has 0 spiro atoms. The Labute approximate surface area is 163 Å². The number of hydrogen-bond acceptors (Lipinski definition) is 4. The quantitative estimate of drug-likeness (QED) is 0.828. The average molecular weight is 384 g/mol. The zero-order valence-corrected chi connectivity index (χ0v) is 16.1. The molecule has 28 heavy (non-hydrogen) atoms. The molecule has 2 atom stereocenters. The van der Waals surface area contributed by atoms with E-state index >= 15 is 0 Å². The van der Waals surface area contributed by atoms with Gasteiger partial charge in [-0.15, -0.1) is 0 Å². The van der Waals surface area contributed by atoms with Crippen LogP contribution in [0.2, 0.25) is 0 Å². The Bertz CT molecular complexity index is 869. The molecule has 2 amide bonds. The van der Waals surface area contributed by atoms with Crippen LogP contribution in [-0.2, 0) is 11.2 Å². The van der Waals surface area contributed by atoms with Gasteiger partial charge < -0.3 is 24.8 Å². The van der Waals surface area contributed by atoms with Crippen LogP contribution >= 0.6 is 0 Å². The second kappa shape index (κ2) is 8.21. The van der Waals surface area contributed by atoms with E-state index in [4.69, 9.17) is 14.6 Å². The first-order chi connectivity index (χ1) is 13.5. The zero-order valence-electron chi connectivity index (χ0n) is 16.1. The van der Waals surface area contributed by atoms with E-state index in [1.165, 1.54) is 6.92 Å². The van der Waals surface area contributed by atoms with E-state index in [2.05, 4.69) is 5.32 Å². The van der Waals surface area contributed by atoms with Gasteiger partial charge in [-0.25, -0.2) is 4.79 Å². The largest absolute Gasteiger partial charge is 0.493 e. The van der Waals surface area contributed by atoms with E-state index in [-0.39, 0.29) is 6.04 Å². The molecule has 2 N–H and O–H groups in total. The van der Waals surface area contributed by atoms with Crippen molar-refractivity contribution in [3.63, 3.8) is 0 Å². The summed E-state index contributed by atoms with van der Waals surface area (Å²) in [6, 6.07) is 11.8. The Morgan fingerprint density at radius 1 is 1.14 bits per heavy atom. The molecule has 0 saturated carbocycles. The highest BCUT2D eigenvalue weighted by Gasteiger charge is 2.34. The van der Waals surface area contributed by atoms with Gasteiger partial charge >= 0.3 is 12.0 Å². The number of nitrogens with zero attached hydrogens (tertiary/aromatic N) is 1. The Hall–Kier alpha value is -3.22. The van der Waals surface area contributed by atoms with Crippen molar-refractivity contribution >= 4 is 12.0 Å². The first-order valence-corrected chi connectivity index (χ1v) is 9.06. The number of ether oxygens (including phenoxy) is 2. The number of carboxylic acid groups (broad SMARTS) is 1. The monoisotopic (exact) mass is 384 g/mol. The maximum Gasteiger partial charge on any atom is 0.325 e. The van der Waals surface area contributed by atoms with E-state index in [1.807, 2.05) is 42.5 Å². The number of rotatable bonds is 5. The van der Waals surface area contributed by atoms with Crippen LogP contribution in [0, 0.1) is 0 Å². The lowest BCUT2D eigenvalue weighted by Gasteiger charge is -2.38. The smallest absolute Gasteiger partial charge is 0.325 e. The van der Waals surface area contributed by atoms with Crippen LogP contribution in [0.3, 0.4) is 0 Å². The molecule has 148 valence electrons. The van der Waals surface area contributed by atoms with Crippen molar-refractivity contribution in [3.05, 3.63) is 59.2 Å². The maximum absolute atomic E-state index is 12.9. The SMILES string of the molecule is COc1cc2c(cc1OC)C(c1ccccc1)N(C(=O)N[C@@H](C)C(=O)O)CC2. The Kier molecular flexibility index (Phi) is 5.73. The molecule has 2 aromatic carbocycles. The van der Waals surface area contributed by atoms with E-state index in [0.29, 0.717) is 24.5 Å². The number of benzene rings is 2. The summed E-state index contributed by atoms with van der Waals surface area (Å²) >= 11 is 0. The van der Waals surface area contributed by atoms with Crippen LogP contribution in [0.4, 0.5) is 4.79 Å². The molecule has 3 rings (SSSR count). The Morgan fingerprint density at radius 3 is 2.39 bits per heavy atom. The molecule has 7 nitrogen and oxygen atoms in total. The van der Waals surface area contributed by atoms with E-state index in [1.54, 1.807) is 19.1 Å². The number of carbonyl (C=O) groups is 2. The fourth-order valence-corrected chi connectivity index (χ4v) is 3.49. The highest BCUT2D eigenvalue weighted by Crippen LogP contribution is 2.40. The number of aliphatic carboxylic acids is 1. The van der Waals surface area contributed by atoms with Crippen molar-refractivity contribution in [2.45, 2.75) is 25.4 Å². The summed E-state index contributed by atoms with van der Waals surface area (Å²) in [6.07, 6.45) is 0.633. The molecule has 1 heterocycles. The highest BCUT2D eigenvalue weighted by atomic mass is 16.5. The second-order valence-corrected chi connectivity index (χ2v) is 6.67. The molecular weight excluding hydrogens is 360 g/mol. The van der Waals surface area contributed by atoms with Gasteiger partial charge in [0.15, 0.2) is 11.5 Å². The molecule has 1 aliphatic rings. The van der Waals surface area contributed by atoms with Crippen LogP contribution in [0.25, 0.3) is 0 Å². The van der Waals surface area contributed by atoms with Gasteiger partial charge in [-0.05, 0) is 42.2 Å². The summed E-state index contributed by atoms with van der Waals surface area (Å²) in [4.78, 5) is 25.7. The van der Waals surface area contributed by atoms with Crippen molar-refractivity contribution in [2.24, 2.45) is 0 Å². The van der Waals surface area contributed by atoms with Crippen molar-refractivity contribution < 1.29 is 24.2 Å². The molecule has 1 aliphatic heterocycles. The lowest BCUT2D eigenvalue weighted by Crippen LogP contribution is -2.50. The van der Waals surface area contributed by atoms with Crippen LogP contribution in [0.5, 0.6) is 11.5 Å². The van der Waals surface area contributed by atoms with E-state index in [0.717, 1.165) is 16.7 Å². The number of carbonyl (C=O) groups excluding carboxylic acids is 1. The number of hydrogen-bond donors (Lipinski definition) is 2. The van der Waals surface area contributed by atoms with Gasteiger partial charge in [-0.2, -0.15) is 0 Å². The molecule has 0 fully saturated rings. The molecule has 0 aliphatic carbocycles. The van der Waals surface area contributed by atoms with Gasteiger partial charge in [0.05, 0.1) is 20.3 Å². The summed E-state index contributed by atoms with van der Waals surface area (Å²) < 4.78 is 10.9. The van der Waals surface area contributed by atoms with Crippen LogP contribution in [0.1, 0.15) is 29.7 Å². The molecule has 2 aromatic rings. The van der Waals surface area contributed by atoms with Gasteiger partial charge in [0, 0.05) is 6.54 Å². The summed E-state index contributed by atoms with van der Waals surface area (Å²) in [5.74, 6) is 0.155. The van der Waals surface area contributed by atoms with Gasteiger partial charge in [0.2, 0.25) is 0 Å². The lowest BCUT2D eigenvalue weighted by atomic mass is 9.88. The minimum Gasteiger partial charge on any atom is -0.493 e. The molecule has 7 heteroatoms. The summed E-state index contributed by atoms with van der Waals surface area (Å²) in [6.45, 7) is 1.91. The molecule has 0 saturated heterocycles. The third-order valence-electron chi connectivity index (χ3n) is 4.96. The normalized spacial score (nSPS) is 16.7. The van der Waals surface area contributed by atoms with Gasteiger partial charge in [0.1, 0.15) is 6.04 Å². The Balaban J connectivity index is 2.06. The van der Waals surface area contributed by atoms with E-state index in [9.17, 15) is 9.59 Å². The van der Waals surface area contributed by atoms with E-state index < -0.39 is 18.0 Å². The number of carboxylic acids is 1. The molecule has 0 aromatic heterocycles. The minimum absolute atomic E-state index is 0.356. The number of nitrogens with one attached hydrogen (secondary N) is 1. The first-order valence-electron chi connectivity index (χ1n) is 9.06. The predicted molar refractivity (Wildman–Crippen MR) is 104 cm³/mol. The first kappa shape index (κ1) is 19.5. The van der Waals surface area contributed by atoms with Crippen molar-refractivity contribution in [2.75, 3.05) is 20.8 Å². The topological polar surface area (TPSA) is 88.1 Å². The molecule has 1 unspecified atom stereocenters. The average Bonchev–Trinajstić information content (AvgIpc) is 2.72. The lowest BCUT2D eigenvalue weighted by molar-refractivity contribution is -0.138. The van der Waals surface area contributed by atoms with Gasteiger partial charge in [-0.1, -0.05) is 30.3 Å². The third kappa shape index (κ3) is 3.74. The molecule has 0 radical (unpaired) electrons. The van der Waals surface area contributed by atoms with Crippen molar-refractivity contribution in [1.82, 2.24) is 10.2 Å². The fourth-order valence-electron chi connectivity index (χ4n) is 3.49. The standard InChI is InChI=1S/C21H24N2O5/c1-13(20(24)25)22-21(26)23-10-9-15-11-17(27-2)18(28-3)12-16(15)19(23)14-7-5-4-6-8-14/h4-8,11-13,19H,9-10H2,1-3H3,(H,22,26)(H,24,25)/t13-,19?/m0/s1. The third-order valence-corrected chi connectivity index (χ3v) is 4.96. The zero-order chi connectivity index (χ0) is 20.3. The van der Waals surface area contributed by atoms with Crippen molar-refractivity contribution in [1.29, 1.82) is 0 Å².